The molecule has 0 aliphatic heterocycles. The molecule has 0 radical (unpaired) electrons. The van der Waals surface area contributed by atoms with E-state index in [2.05, 4.69) is 15.5 Å². The highest BCUT2D eigenvalue weighted by molar-refractivity contribution is 7.99. The molecular formula is C9H12ClN5S. The van der Waals surface area contributed by atoms with Crippen LogP contribution in [0.4, 0.5) is 0 Å². The smallest absolute Gasteiger partial charge is 0.209 e. The van der Waals surface area contributed by atoms with Crippen LogP contribution in [-0.4, -0.2) is 31.3 Å². The molecule has 1 aliphatic carbocycles. The Morgan fingerprint density at radius 3 is 3.00 bits per heavy atom. The fourth-order valence-corrected chi connectivity index (χ4v) is 2.81. The Labute approximate surface area is 103 Å². The van der Waals surface area contributed by atoms with E-state index >= 15 is 0 Å². The third-order valence-electron chi connectivity index (χ3n) is 2.63. The number of hydrogen-bond acceptors (Lipinski definition) is 5. The quantitative estimate of drug-likeness (QED) is 0.610. The largest absolute Gasteiger partial charge is 0.217 e. The van der Waals surface area contributed by atoms with Crippen LogP contribution < -0.4 is 0 Å². The summed E-state index contributed by atoms with van der Waals surface area (Å²) in [4.78, 5) is 0. The normalized spacial score (nSPS) is 18.5. The van der Waals surface area contributed by atoms with Crippen LogP contribution >= 0.6 is 23.4 Å². The van der Waals surface area contributed by atoms with Crippen molar-refractivity contribution in [2.45, 2.75) is 42.3 Å². The molecule has 1 fully saturated rings. The van der Waals surface area contributed by atoms with Gasteiger partial charge in [-0.05, 0) is 23.3 Å². The Kier molecular flexibility index (Phi) is 4.02. The molecule has 1 aromatic rings. The molecule has 1 heterocycles. The number of halogens is 1. The molecule has 1 atom stereocenters. The maximum atomic E-state index is 8.59. The topological polar surface area (TPSA) is 67.4 Å². The minimum Gasteiger partial charge on any atom is -0.217 e. The Hall–Kier alpha value is -0.800. The van der Waals surface area contributed by atoms with Gasteiger partial charge in [0.25, 0.3) is 0 Å². The molecule has 16 heavy (non-hydrogen) atoms. The van der Waals surface area contributed by atoms with Crippen LogP contribution in [0, 0.1) is 11.3 Å². The first kappa shape index (κ1) is 11.7. The van der Waals surface area contributed by atoms with Crippen molar-refractivity contribution in [2.75, 3.05) is 5.75 Å². The van der Waals surface area contributed by atoms with Crippen LogP contribution in [0.1, 0.15) is 31.7 Å². The van der Waals surface area contributed by atoms with Gasteiger partial charge >= 0.3 is 0 Å². The van der Waals surface area contributed by atoms with Crippen molar-refractivity contribution < 1.29 is 0 Å². The van der Waals surface area contributed by atoms with Crippen molar-refractivity contribution in [1.82, 2.24) is 20.2 Å². The lowest BCUT2D eigenvalue weighted by Gasteiger charge is -2.10. The minimum absolute atomic E-state index is 0.424. The molecule has 0 saturated heterocycles. The highest BCUT2D eigenvalue weighted by atomic mass is 35.5. The molecule has 1 unspecified atom stereocenters. The second-order valence-corrected chi connectivity index (χ2v) is 5.27. The highest BCUT2D eigenvalue weighted by Crippen LogP contribution is 2.31. The lowest BCUT2D eigenvalue weighted by molar-refractivity contribution is 0.423. The first-order valence-electron chi connectivity index (χ1n) is 5.25. The van der Waals surface area contributed by atoms with E-state index in [1.807, 2.05) is 10.8 Å². The van der Waals surface area contributed by atoms with Crippen LogP contribution in [0.5, 0.6) is 0 Å². The summed E-state index contributed by atoms with van der Waals surface area (Å²) in [6.45, 7) is 0. The fraction of sp³-hybridized carbons (Fsp3) is 0.778. The number of thioether (sulfide) groups is 1. The van der Waals surface area contributed by atoms with Gasteiger partial charge in [0.1, 0.15) is 5.38 Å². The van der Waals surface area contributed by atoms with E-state index in [1.54, 1.807) is 0 Å². The van der Waals surface area contributed by atoms with Gasteiger partial charge in [-0.1, -0.05) is 24.6 Å². The van der Waals surface area contributed by atoms with Crippen molar-refractivity contribution in [1.29, 1.82) is 5.26 Å². The zero-order valence-corrected chi connectivity index (χ0v) is 10.3. The number of aromatic nitrogens is 4. The Bertz CT molecular complexity index is 381. The van der Waals surface area contributed by atoms with Crippen molar-refractivity contribution in [3.8, 4) is 6.07 Å². The number of alkyl halides is 1. The summed E-state index contributed by atoms with van der Waals surface area (Å²) in [5, 5.41) is 20.5. The minimum atomic E-state index is -0.487. The zero-order chi connectivity index (χ0) is 11.4. The molecule has 7 heteroatoms. The second-order valence-electron chi connectivity index (χ2n) is 3.75. The average Bonchev–Trinajstić information content (AvgIpc) is 2.95. The van der Waals surface area contributed by atoms with Gasteiger partial charge in [0, 0.05) is 5.75 Å². The van der Waals surface area contributed by atoms with Crippen LogP contribution in [-0.2, 0) is 0 Å². The first-order chi connectivity index (χ1) is 7.81. The molecule has 0 bridgehead atoms. The Balaban J connectivity index is 1.99. The summed E-state index contributed by atoms with van der Waals surface area (Å²) in [7, 11) is 0. The molecule has 0 N–H and O–H groups in total. The number of nitrogens with zero attached hydrogens (tertiary/aromatic N) is 5. The first-order valence-corrected chi connectivity index (χ1v) is 6.68. The molecule has 1 aromatic heterocycles. The predicted molar refractivity (Wildman–Crippen MR) is 61.3 cm³/mol. The van der Waals surface area contributed by atoms with Crippen molar-refractivity contribution >= 4 is 23.4 Å². The van der Waals surface area contributed by atoms with E-state index in [0.29, 0.717) is 11.8 Å². The highest BCUT2D eigenvalue weighted by Gasteiger charge is 2.21. The summed E-state index contributed by atoms with van der Waals surface area (Å²) in [5.74, 6) is 0.519. The summed E-state index contributed by atoms with van der Waals surface area (Å²) in [6.07, 6.45) is 4.76. The number of hydrogen-bond donors (Lipinski definition) is 0. The monoisotopic (exact) mass is 257 g/mol. The van der Waals surface area contributed by atoms with E-state index in [1.165, 1.54) is 24.6 Å². The second kappa shape index (κ2) is 5.51. The van der Waals surface area contributed by atoms with Crippen molar-refractivity contribution in [3.05, 3.63) is 0 Å². The predicted octanol–water partition coefficient (Wildman–Crippen LogP) is 2.01. The summed E-state index contributed by atoms with van der Waals surface area (Å²) >= 11 is 7.18. The molecule has 1 aliphatic rings. The van der Waals surface area contributed by atoms with Crippen molar-refractivity contribution in [3.63, 3.8) is 0 Å². The maximum Gasteiger partial charge on any atom is 0.209 e. The van der Waals surface area contributed by atoms with E-state index in [-0.39, 0.29) is 0 Å². The molecule has 86 valence electrons. The molecule has 0 amide bonds. The number of rotatable bonds is 4. The lowest BCUT2D eigenvalue weighted by Crippen LogP contribution is -2.09. The lowest BCUT2D eigenvalue weighted by atomic mass is 10.3. The standard InChI is InChI=1S/C9H12ClN5S/c10-7(5-11)6-16-9-12-13-14-15(9)8-3-1-2-4-8/h7-8H,1-4,6H2. The zero-order valence-electron chi connectivity index (χ0n) is 8.71. The van der Waals surface area contributed by atoms with Crippen molar-refractivity contribution in [2.24, 2.45) is 0 Å². The van der Waals surface area contributed by atoms with Gasteiger partial charge in [-0.25, -0.2) is 4.68 Å². The van der Waals surface area contributed by atoms with Crippen LogP contribution in [0.15, 0.2) is 5.16 Å². The molecule has 1 saturated carbocycles. The molecule has 0 spiro atoms. The van der Waals surface area contributed by atoms with Gasteiger partial charge in [0.2, 0.25) is 5.16 Å². The van der Waals surface area contributed by atoms with E-state index in [9.17, 15) is 0 Å². The van der Waals surface area contributed by atoms with Crippen LogP contribution in [0.3, 0.4) is 0 Å². The van der Waals surface area contributed by atoms with Gasteiger partial charge in [-0.3, -0.25) is 0 Å². The third kappa shape index (κ3) is 2.66. The van der Waals surface area contributed by atoms with Crippen LogP contribution in [0.2, 0.25) is 0 Å². The van der Waals surface area contributed by atoms with Crippen LogP contribution in [0.25, 0.3) is 0 Å². The van der Waals surface area contributed by atoms with Gasteiger partial charge in [0.05, 0.1) is 12.1 Å². The van der Waals surface area contributed by atoms with E-state index < -0.39 is 5.38 Å². The average molecular weight is 258 g/mol. The fourth-order valence-electron chi connectivity index (χ4n) is 1.84. The van der Waals surface area contributed by atoms with Gasteiger partial charge in [-0.2, -0.15) is 5.26 Å². The summed E-state index contributed by atoms with van der Waals surface area (Å²) in [6, 6.07) is 2.41. The number of tetrazole rings is 1. The summed E-state index contributed by atoms with van der Waals surface area (Å²) < 4.78 is 1.87. The summed E-state index contributed by atoms with van der Waals surface area (Å²) in [5.41, 5.74) is 0. The van der Waals surface area contributed by atoms with Gasteiger partial charge in [0.15, 0.2) is 0 Å². The van der Waals surface area contributed by atoms with E-state index in [0.717, 1.165) is 18.0 Å². The Morgan fingerprint density at radius 2 is 2.31 bits per heavy atom. The molecule has 5 nitrogen and oxygen atoms in total. The molecular weight excluding hydrogens is 246 g/mol. The third-order valence-corrected chi connectivity index (χ3v) is 4.09. The molecule has 2 rings (SSSR count). The van der Waals surface area contributed by atoms with Gasteiger partial charge < -0.3 is 0 Å². The number of nitriles is 1. The van der Waals surface area contributed by atoms with E-state index in [4.69, 9.17) is 16.9 Å². The SMILES string of the molecule is N#CC(Cl)CSc1nnnn1C1CCCC1. The maximum absolute atomic E-state index is 8.59. The molecule has 0 aromatic carbocycles. The van der Waals surface area contributed by atoms with Gasteiger partial charge in [-0.15, -0.1) is 16.7 Å². The Morgan fingerprint density at radius 1 is 1.56 bits per heavy atom.